The monoisotopic (exact) mass is 181 g/mol. The van der Waals surface area contributed by atoms with E-state index in [0.29, 0.717) is 5.76 Å². The van der Waals surface area contributed by atoms with Crippen LogP contribution in [-0.2, 0) is 4.74 Å². The third kappa shape index (κ3) is 1.61. The Bertz CT molecular complexity index is 293. The van der Waals surface area contributed by atoms with Gasteiger partial charge in [-0.1, -0.05) is 12.7 Å². The largest absolute Gasteiger partial charge is 0.501 e. The molecule has 0 aromatic heterocycles. The molecule has 1 aliphatic rings. The van der Waals surface area contributed by atoms with E-state index >= 15 is 0 Å². The van der Waals surface area contributed by atoms with E-state index in [0.717, 1.165) is 0 Å². The second kappa shape index (κ2) is 3.43. The van der Waals surface area contributed by atoms with Crippen LogP contribution in [0.1, 0.15) is 6.42 Å². The minimum absolute atomic E-state index is 0.233. The number of ether oxygens (including phenoxy) is 1. The Morgan fingerprint density at radius 3 is 3.00 bits per heavy atom. The Hall–Kier alpha value is -1.58. The van der Waals surface area contributed by atoms with Crippen molar-refractivity contribution in [2.45, 2.75) is 12.0 Å². The van der Waals surface area contributed by atoms with Crippen LogP contribution < -0.4 is 0 Å². The van der Waals surface area contributed by atoms with E-state index in [4.69, 9.17) is 4.74 Å². The van der Waals surface area contributed by atoms with Gasteiger partial charge in [-0.3, -0.25) is 10.1 Å². The Kier molecular flexibility index (Phi) is 2.51. The fraction of sp³-hybridized carbons (Fsp3) is 0.333. The summed E-state index contributed by atoms with van der Waals surface area (Å²) < 4.78 is 4.96. The van der Waals surface area contributed by atoms with Crippen molar-refractivity contribution in [3.05, 3.63) is 46.8 Å². The highest BCUT2D eigenvalue weighted by Gasteiger charge is 2.39. The predicted octanol–water partition coefficient (Wildman–Crippen LogP) is 1.68. The van der Waals surface area contributed by atoms with Gasteiger partial charge in [-0.25, -0.2) is 0 Å². The Morgan fingerprint density at radius 1 is 1.85 bits per heavy atom. The molecule has 1 aliphatic carbocycles. The molecule has 0 aliphatic heterocycles. The molecule has 0 aromatic carbocycles. The lowest BCUT2D eigenvalue weighted by atomic mass is 9.91. The van der Waals surface area contributed by atoms with Gasteiger partial charge in [-0.15, -0.1) is 0 Å². The highest BCUT2D eigenvalue weighted by atomic mass is 16.6. The van der Waals surface area contributed by atoms with Gasteiger partial charge >= 0.3 is 0 Å². The van der Waals surface area contributed by atoms with Crippen LogP contribution in [-0.4, -0.2) is 17.6 Å². The Morgan fingerprint density at radius 2 is 2.54 bits per heavy atom. The van der Waals surface area contributed by atoms with Gasteiger partial charge in [-0.05, 0) is 18.2 Å². The van der Waals surface area contributed by atoms with Crippen molar-refractivity contribution in [2.24, 2.45) is 0 Å². The van der Waals surface area contributed by atoms with Crippen LogP contribution in [0, 0.1) is 10.1 Å². The third-order valence-electron chi connectivity index (χ3n) is 2.08. The molecule has 0 amide bonds. The second-order valence-corrected chi connectivity index (χ2v) is 2.83. The molecule has 0 bridgehead atoms. The quantitative estimate of drug-likeness (QED) is 0.378. The van der Waals surface area contributed by atoms with Crippen molar-refractivity contribution in [1.29, 1.82) is 0 Å². The molecule has 0 N–H and O–H groups in total. The highest BCUT2D eigenvalue weighted by Crippen LogP contribution is 2.27. The van der Waals surface area contributed by atoms with Crippen LogP contribution in [0.5, 0.6) is 0 Å². The van der Waals surface area contributed by atoms with Crippen LogP contribution >= 0.6 is 0 Å². The molecule has 4 nitrogen and oxygen atoms in total. The van der Waals surface area contributed by atoms with Crippen molar-refractivity contribution in [1.82, 2.24) is 0 Å². The summed E-state index contributed by atoms with van der Waals surface area (Å²) in [7, 11) is 1.50. The maximum absolute atomic E-state index is 10.8. The summed E-state index contributed by atoms with van der Waals surface area (Å²) in [5, 5.41) is 10.8. The molecule has 70 valence electrons. The van der Waals surface area contributed by atoms with E-state index in [9.17, 15) is 10.1 Å². The molecule has 0 radical (unpaired) electrons. The minimum Gasteiger partial charge on any atom is -0.501 e. The summed E-state index contributed by atoms with van der Waals surface area (Å²) in [5.74, 6) is 0.596. The molecule has 13 heavy (non-hydrogen) atoms. The maximum Gasteiger partial charge on any atom is 0.265 e. The Labute approximate surface area is 76.4 Å². The number of allylic oxidation sites excluding steroid dienone is 2. The van der Waals surface area contributed by atoms with E-state index in [1.807, 2.05) is 0 Å². The zero-order valence-corrected chi connectivity index (χ0v) is 7.40. The first-order valence-corrected chi connectivity index (χ1v) is 3.85. The van der Waals surface area contributed by atoms with Gasteiger partial charge in [0.1, 0.15) is 5.76 Å². The number of hydrogen-bond acceptors (Lipinski definition) is 3. The van der Waals surface area contributed by atoms with Gasteiger partial charge in [0.15, 0.2) is 0 Å². The van der Waals surface area contributed by atoms with Crippen molar-refractivity contribution >= 4 is 0 Å². The van der Waals surface area contributed by atoms with Gasteiger partial charge in [0.05, 0.1) is 13.5 Å². The van der Waals surface area contributed by atoms with E-state index in [1.165, 1.54) is 19.3 Å². The summed E-state index contributed by atoms with van der Waals surface area (Å²) in [5.41, 5.74) is -1.19. The average molecular weight is 181 g/mol. The van der Waals surface area contributed by atoms with Gasteiger partial charge in [-0.2, -0.15) is 0 Å². The molecular weight excluding hydrogens is 170 g/mol. The molecule has 0 saturated heterocycles. The summed E-state index contributed by atoms with van der Waals surface area (Å²) in [6.07, 6.45) is 6.41. The van der Waals surface area contributed by atoms with Gasteiger partial charge in [0.25, 0.3) is 5.54 Å². The van der Waals surface area contributed by atoms with Gasteiger partial charge in [0.2, 0.25) is 0 Å². The minimum atomic E-state index is -1.19. The smallest absolute Gasteiger partial charge is 0.265 e. The van der Waals surface area contributed by atoms with E-state index in [-0.39, 0.29) is 11.3 Å². The maximum atomic E-state index is 10.8. The van der Waals surface area contributed by atoms with Gasteiger partial charge < -0.3 is 4.74 Å². The summed E-state index contributed by atoms with van der Waals surface area (Å²) >= 11 is 0. The summed E-state index contributed by atoms with van der Waals surface area (Å²) in [4.78, 5) is 10.4. The fourth-order valence-electron chi connectivity index (χ4n) is 1.20. The zero-order valence-electron chi connectivity index (χ0n) is 7.40. The molecular formula is C9H11NO3. The number of hydrogen-bond donors (Lipinski definition) is 0. The molecule has 4 heteroatoms. The first-order chi connectivity index (χ1) is 6.14. The molecule has 1 unspecified atom stereocenters. The van der Waals surface area contributed by atoms with Crippen LogP contribution in [0.4, 0.5) is 0 Å². The average Bonchev–Trinajstić information content (AvgIpc) is 2.17. The molecule has 1 atom stereocenters. The lowest BCUT2D eigenvalue weighted by Crippen LogP contribution is -2.35. The lowest BCUT2D eigenvalue weighted by Gasteiger charge is -2.21. The molecule has 0 aromatic rings. The fourth-order valence-corrected chi connectivity index (χ4v) is 1.20. The molecule has 0 heterocycles. The number of nitrogens with zero attached hydrogens (tertiary/aromatic N) is 1. The highest BCUT2D eigenvalue weighted by molar-refractivity contribution is 5.26. The lowest BCUT2D eigenvalue weighted by molar-refractivity contribution is -0.540. The Balaban J connectivity index is 2.96. The van der Waals surface area contributed by atoms with E-state index in [2.05, 4.69) is 6.58 Å². The number of methoxy groups -OCH3 is 1. The van der Waals surface area contributed by atoms with Crippen molar-refractivity contribution in [3.8, 4) is 0 Å². The molecule has 1 rings (SSSR count). The van der Waals surface area contributed by atoms with Crippen molar-refractivity contribution < 1.29 is 9.66 Å². The van der Waals surface area contributed by atoms with E-state index < -0.39 is 5.54 Å². The summed E-state index contributed by atoms with van der Waals surface area (Å²) in [6.45, 7) is 3.47. The number of nitro groups is 1. The first kappa shape index (κ1) is 9.51. The molecule has 0 spiro atoms. The van der Waals surface area contributed by atoms with E-state index in [1.54, 1.807) is 12.2 Å². The second-order valence-electron chi connectivity index (χ2n) is 2.83. The molecule has 0 saturated carbocycles. The standard InChI is InChI=1S/C9H11NO3/c1-3-9(10(11)12)6-4-5-8(7-9)13-2/h3-6H,1,7H2,2H3. The first-order valence-electron chi connectivity index (χ1n) is 3.85. The van der Waals surface area contributed by atoms with Crippen LogP contribution in [0.25, 0.3) is 0 Å². The van der Waals surface area contributed by atoms with Crippen molar-refractivity contribution in [3.63, 3.8) is 0 Å². The third-order valence-corrected chi connectivity index (χ3v) is 2.08. The van der Waals surface area contributed by atoms with Crippen LogP contribution in [0.3, 0.4) is 0 Å². The predicted molar refractivity (Wildman–Crippen MR) is 48.8 cm³/mol. The van der Waals surface area contributed by atoms with Crippen LogP contribution in [0.15, 0.2) is 36.6 Å². The van der Waals surface area contributed by atoms with Crippen LogP contribution in [0.2, 0.25) is 0 Å². The normalized spacial score (nSPS) is 26.4. The van der Waals surface area contributed by atoms with Crippen molar-refractivity contribution in [2.75, 3.05) is 7.11 Å². The van der Waals surface area contributed by atoms with Gasteiger partial charge in [0, 0.05) is 4.92 Å². The summed E-state index contributed by atoms with van der Waals surface area (Å²) in [6, 6.07) is 0. The zero-order chi connectivity index (χ0) is 9.90. The molecule has 0 fully saturated rings. The number of rotatable bonds is 3. The topological polar surface area (TPSA) is 52.4 Å². The SMILES string of the molecule is C=CC1([N+](=O)[O-])C=CC=C(OC)C1.